The van der Waals surface area contributed by atoms with Crippen LogP contribution in [0.3, 0.4) is 0 Å². The topological polar surface area (TPSA) is 93.1 Å². The molecular weight excluding hydrogens is 504 g/mol. The van der Waals surface area contributed by atoms with Crippen LogP contribution in [0.2, 0.25) is 0 Å². The van der Waals surface area contributed by atoms with Crippen LogP contribution in [0.4, 0.5) is 0 Å². The average Bonchev–Trinajstić information content (AvgIpc) is 2.89. The molecule has 2 aromatic rings. The summed E-state index contributed by atoms with van der Waals surface area (Å²) >= 11 is 0. The molecule has 0 heterocycles. The Kier molecular flexibility index (Phi) is 16.2. The lowest BCUT2D eigenvalue weighted by molar-refractivity contribution is 0.0686. The fraction of sp³-hybridized carbons (Fsp3) is 0.353. The van der Waals surface area contributed by atoms with Crippen molar-refractivity contribution >= 4 is 11.9 Å². The molecule has 2 rings (SSSR count). The van der Waals surface area contributed by atoms with Crippen LogP contribution in [0, 0.1) is 0 Å². The standard InChI is InChI=1S/2C17H22O3/c1-13(2)6-4-7-14(3)10-11-20-16-9-5-8-15(12-16)17(18)19;1-13(2)5-4-6-14(3)11-12-20-16-9-7-15(8-10-16)17(18)19/h5-6,8-10,12H,4,7,11H2,1-3H3,(H,18,19);5,7-11H,4,6,12H2,1-3H3,(H,18,19)/b14-10+;14-11+. The van der Waals surface area contributed by atoms with E-state index in [1.165, 1.54) is 28.4 Å². The summed E-state index contributed by atoms with van der Waals surface area (Å²) in [5.74, 6) is -0.600. The fourth-order valence-electron chi connectivity index (χ4n) is 3.35. The minimum atomic E-state index is -0.941. The molecule has 0 amide bonds. The highest BCUT2D eigenvalue weighted by Gasteiger charge is 2.03. The summed E-state index contributed by atoms with van der Waals surface area (Å²) in [7, 11) is 0. The van der Waals surface area contributed by atoms with Gasteiger partial charge in [0.05, 0.1) is 11.1 Å². The van der Waals surface area contributed by atoms with E-state index in [4.69, 9.17) is 19.7 Å². The first-order valence-electron chi connectivity index (χ1n) is 13.5. The fourth-order valence-corrected chi connectivity index (χ4v) is 3.35. The Morgan fingerprint density at radius 1 is 0.625 bits per heavy atom. The lowest BCUT2D eigenvalue weighted by Crippen LogP contribution is -1.99. The van der Waals surface area contributed by atoms with Gasteiger partial charge in [-0.25, -0.2) is 9.59 Å². The van der Waals surface area contributed by atoms with Crippen LogP contribution >= 0.6 is 0 Å². The minimum absolute atomic E-state index is 0.242. The number of hydrogen-bond acceptors (Lipinski definition) is 4. The van der Waals surface area contributed by atoms with Crippen LogP contribution < -0.4 is 9.47 Å². The highest BCUT2D eigenvalue weighted by atomic mass is 16.5. The highest BCUT2D eigenvalue weighted by molar-refractivity contribution is 5.88. The summed E-state index contributed by atoms with van der Waals surface area (Å²) in [5.41, 5.74) is 5.76. The predicted molar refractivity (Wildman–Crippen MR) is 163 cm³/mol. The van der Waals surface area contributed by atoms with Crippen molar-refractivity contribution in [1.29, 1.82) is 0 Å². The van der Waals surface area contributed by atoms with Crippen molar-refractivity contribution in [1.82, 2.24) is 0 Å². The molecular formula is C34H44O6. The van der Waals surface area contributed by atoms with Crippen molar-refractivity contribution in [3.63, 3.8) is 0 Å². The zero-order valence-corrected chi connectivity index (χ0v) is 24.7. The maximum absolute atomic E-state index is 10.8. The van der Waals surface area contributed by atoms with E-state index in [9.17, 15) is 9.59 Å². The average molecular weight is 549 g/mol. The molecule has 2 aromatic carbocycles. The highest BCUT2D eigenvalue weighted by Crippen LogP contribution is 2.15. The molecule has 216 valence electrons. The maximum Gasteiger partial charge on any atom is 0.335 e. The van der Waals surface area contributed by atoms with Crippen LogP contribution in [0.15, 0.2) is 95.1 Å². The summed E-state index contributed by atoms with van der Waals surface area (Å²) in [4.78, 5) is 21.5. The zero-order chi connectivity index (χ0) is 29.9. The number of rotatable bonds is 14. The number of allylic oxidation sites excluding steroid dienone is 6. The lowest BCUT2D eigenvalue weighted by atomic mass is 10.1. The van der Waals surface area contributed by atoms with E-state index in [1.807, 2.05) is 6.08 Å². The quantitative estimate of drug-likeness (QED) is 0.229. The maximum atomic E-state index is 10.8. The van der Waals surface area contributed by atoms with Crippen molar-refractivity contribution in [2.24, 2.45) is 0 Å². The smallest absolute Gasteiger partial charge is 0.335 e. The van der Waals surface area contributed by atoms with E-state index >= 15 is 0 Å². The molecule has 6 nitrogen and oxygen atoms in total. The summed E-state index contributed by atoms with van der Waals surface area (Å²) in [6.07, 6.45) is 12.7. The Hall–Kier alpha value is -4.06. The Bertz CT molecular complexity index is 1190. The third-order valence-corrected chi connectivity index (χ3v) is 5.73. The molecule has 0 fully saturated rings. The van der Waals surface area contributed by atoms with Crippen molar-refractivity contribution in [2.75, 3.05) is 13.2 Å². The van der Waals surface area contributed by atoms with Gasteiger partial charge in [-0.3, -0.25) is 0 Å². The second-order valence-corrected chi connectivity index (χ2v) is 10.0. The van der Waals surface area contributed by atoms with Crippen LogP contribution in [-0.4, -0.2) is 35.4 Å². The molecule has 40 heavy (non-hydrogen) atoms. The predicted octanol–water partition coefficient (Wildman–Crippen LogP) is 8.91. The normalized spacial score (nSPS) is 11.1. The van der Waals surface area contributed by atoms with Gasteiger partial charge in [-0.05, 0) is 122 Å². The van der Waals surface area contributed by atoms with Gasteiger partial charge in [0.15, 0.2) is 0 Å². The SMILES string of the molecule is CC(C)=CCC/C(C)=C/COc1ccc(C(=O)O)cc1.CC(C)=CCC/C(C)=C/COc1cccc(C(=O)O)c1. The number of hydrogen-bond donors (Lipinski definition) is 2. The van der Waals surface area contributed by atoms with E-state index in [0.717, 1.165) is 25.7 Å². The molecule has 0 saturated heterocycles. The van der Waals surface area contributed by atoms with Gasteiger partial charge in [-0.15, -0.1) is 0 Å². The van der Waals surface area contributed by atoms with Crippen molar-refractivity contribution < 1.29 is 29.3 Å². The zero-order valence-electron chi connectivity index (χ0n) is 24.7. The molecule has 0 spiro atoms. The Morgan fingerprint density at radius 2 is 1.10 bits per heavy atom. The molecule has 0 atom stereocenters. The van der Waals surface area contributed by atoms with E-state index in [0.29, 0.717) is 24.7 Å². The van der Waals surface area contributed by atoms with Crippen molar-refractivity contribution in [2.45, 2.75) is 67.2 Å². The molecule has 0 bridgehead atoms. The molecule has 6 heteroatoms. The van der Waals surface area contributed by atoms with Gasteiger partial charge in [0, 0.05) is 0 Å². The number of ether oxygens (including phenoxy) is 2. The number of aromatic carboxylic acids is 2. The monoisotopic (exact) mass is 548 g/mol. The van der Waals surface area contributed by atoms with Crippen LogP contribution in [-0.2, 0) is 0 Å². The van der Waals surface area contributed by atoms with Gasteiger partial charge in [0.2, 0.25) is 0 Å². The summed E-state index contributed by atoms with van der Waals surface area (Å²) < 4.78 is 11.1. The third kappa shape index (κ3) is 16.0. The van der Waals surface area contributed by atoms with Gasteiger partial charge in [0.25, 0.3) is 0 Å². The molecule has 0 radical (unpaired) electrons. The molecule has 0 aliphatic rings. The first-order chi connectivity index (χ1) is 19.0. The van der Waals surface area contributed by atoms with E-state index < -0.39 is 11.9 Å². The largest absolute Gasteiger partial charge is 0.490 e. The van der Waals surface area contributed by atoms with Gasteiger partial charge >= 0.3 is 11.9 Å². The Morgan fingerprint density at radius 3 is 1.55 bits per heavy atom. The molecule has 0 unspecified atom stereocenters. The number of carboxylic acids is 2. The molecule has 0 aromatic heterocycles. The second-order valence-electron chi connectivity index (χ2n) is 10.0. The van der Waals surface area contributed by atoms with Gasteiger partial charge < -0.3 is 19.7 Å². The van der Waals surface area contributed by atoms with Crippen LogP contribution in [0.5, 0.6) is 11.5 Å². The lowest BCUT2D eigenvalue weighted by Gasteiger charge is -2.05. The number of carbonyl (C=O) groups is 2. The van der Waals surface area contributed by atoms with E-state index in [2.05, 4.69) is 59.8 Å². The van der Waals surface area contributed by atoms with Gasteiger partial charge in [0.1, 0.15) is 24.7 Å². The minimum Gasteiger partial charge on any atom is -0.490 e. The number of benzene rings is 2. The second kappa shape index (κ2) is 19.1. The first kappa shape index (κ1) is 34.0. The third-order valence-electron chi connectivity index (χ3n) is 5.73. The van der Waals surface area contributed by atoms with Crippen molar-refractivity contribution in [3.8, 4) is 11.5 Å². The molecule has 0 saturated carbocycles. The Balaban J connectivity index is 0.000000400. The van der Waals surface area contributed by atoms with Crippen LogP contribution in [0.25, 0.3) is 0 Å². The van der Waals surface area contributed by atoms with Gasteiger partial charge in [-0.1, -0.05) is 40.5 Å². The Labute approximate surface area is 239 Å². The molecule has 0 aliphatic carbocycles. The first-order valence-corrected chi connectivity index (χ1v) is 13.5. The number of carboxylic acid groups (broad SMARTS) is 2. The van der Waals surface area contributed by atoms with E-state index in [-0.39, 0.29) is 11.1 Å². The van der Waals surface area contributed by atoms with Crippen LogP contribution in [0.1, 0.15) is 87.9 Å². The summed E-state index contributed by atoms with van der Waals surface area (Å²) in [6, 6.07) is 13.0. The van der Waals surface area contributed by atoms with Crippen molar-refractivity contribution in [3.05, 3.63) is 106 Å². The molecule has 2 N–H and O–H groups in total. The van der Waals surface area contributed by atoms with E-state index in [1.54, 1.807) is 42.5 Å². The summed E-state index contributed by atoms with van der Waals surface area (Å²) in [5, 5.41) is 17.7. The summed E-state index contributed by atoms with van der Waals surface area (Å²) in [6.45, 7) is 13.5. The van der Waals surface area contributed by atoms with Gasteiger partial charge in [-0.2, -0.15) is 0 Å². The molecule has 0 aliphatic heterocycles.